The third kappa shape index (κ3) is 8.46. The molecule has 178 valence electrons. The summed E-state index contributed by atoms with van der Waals surface area (Å²) in [7, 11) is -15.6. The SMILES string of the molecule is O=c1ccn([C@H]2CC(O)[C@@H](O)C[C@@H](COP(=O)(O)OP(=O)(O)CP(=O)(O)O)O2)c(=O)[nH]1. The minimum Gasteiger partial charge on any atom is -0.390 e. The minimum absolute atomic E-state index is 0.301. The van der Waals surface area contributed by atoms with E-state index in [1.54, 1.807) is 0 Å². The first kappa shape index (κ1) is 26.3. The molecule has 0 amide bonds. The number of aliphatic hydroxyl groups is 2. The number of H-pyrrole nitrogens is 1. The number of nitrogens with one attached hydrogen (secondary N) is 1. The van der Waals surface area contributed by atoms with Gasteiger partial charge in [0, 0.05) is 25.1 Å². The van der Waals surface area contributed by atoms with Gasteiger partial charge >= 0.3 is 28.7 Å². The number of rotatable bonds is 8. The number of hydrogen-bond donors (Lipinski definition) is 7. The smallest absolute Gasteiger partial charge is 0.390 e. The van der Waals surface area contributed by atoms with Crippen molar-refractivity contribution in [3.8, 4) is 0 Å². The van der Waals surface area contributed by atoms with Crippen molar-refractivity contribution in [1.29, 1.82) is 0 Å². The van der Waals surface area contributed by atoms with Crippen molar-refractivity contribution < 1.29 is 57.1 Å². The molecule has 1 aromatic rings. The summed E-state index contributed by atoms with van der Waals surface area (Å²) in [6, 6.07) is 1.000. The topological polar surface area (TPSA) is 255 Å². The lowest BCUT2D eigenvalue weighted by Crippen LogP contribution is -2.35. The lowest BCUT2D eigenvalue weighted by atomic mass is 10.1. The molecule has 1 aliphatic heterocycles. The number of phosphoric ester groups is 1. The molecule has 1 aliphatic rings. The van der Waals surface area contributed by atoms with Crippen LogP contribution in [0.4, 0.5) is 0 Å². The van der Waals surface area contributed by atoms with E-state index in [4.69, 9.17) is 14.5 Å². The van der Waals surface area contributed by atoms with E-state index < -0.39 is 71.3 Å². The van der Waals surface area contributed by atoms with E-state index in [-0.39, 0.29) is 12.8 Å². The summed E-state index contributed by atoms with van der Waals surface area (Å²) >= 11 is 0. The van der Waals surface area contributed by atoms with E-state index in [2.05, 4.69) is 8.83 Å². The first-order chi connectivity index (χ1) is 14.1. The number of nitrogens with zero attached hydrogens (tertiary/aromatic N) is 1. The number of aliphatic hydroxyl groups excluding tert-OH is 2. The molecule has 2 rings (SSSR count). The van der Waals surface area contributed by atoms with Gasteiger partial charge in [-0.2, -0.15) is 0 Å². The first-order valence-electron chi connectivity index (χ1n) is 8.45. The number of aromatic nitrogens is 2. The predicted octanol–water partition coefficient (Wildman–Crippen LogP) is -1.61. The van der Waals surface area contributed by atoms with E-state index in [0.29, 0.717) is 0 Å². The van der Waals surface area contributed by atoms with Crippen LogP contribution in [-0.4, -0.2) is 70.2 Å². The standard InChI is InChI=1S/C12H21N2O14P3/c15-8-3-7(5-26-31(24,25)28-30(22,23)6-29(19,20)21)27-11(4-9(8)16)14-2-1-10(17)13-12(14)18/h1-2,7-9,11,15-16H,3-6H2,(H,22,23)(H,24,25)(H,13,17,18)(H2,19,20,21)/t7-,8-,9?,11+/m0/s1. The van der Waals surface area contributed by atoms with Gasteiger partial charge in [0.15, 0.2) is 5.90 Å². The second kappa shape index (κ2) is 9.87. The summed E-state index contributed by atoms with van der Waals surface area (Å²) in [4.78, 5) is 61.5. The Labute approximate surface area is 173 Å². The lowest BCUT2D eigenvalue weighted by molar-refractivity contribution is -0.0771. The highest BCUT2D eigenvalue weighted by molar-refractivity contribution is 7.73. The van der Waals surface area contributed by atoms with Gasteiger partial charge in [-0.1, -0.05) is 0 Å². The quantitative estimate of drug-likeness (QED) is 0.194. The third-order valence-corrected chi connectivity index (χ3v) is 9.14. The highest BCUT2D eigenvalue weighted by Crippen LogP contribution is 2.65. The second-order valence-corrected chi connectivity index (χ2v) is 12.2. The molecular formula is C12H21N2O14P3. The Balaban J connectivity index is 2.12. The maximum absolute atomic E-state index is 12.0. The zero-order valence-corrected chi connectivity index (χ0v) is 18.2. The summed E-state index contributed by atoms with van der Waals surface area (Å²) in [6.07, 6.45) is -4.86. The van der Waals surface area contributed by atoms with Crippen molar-refractivity contribution in [1.82, 2.24) is 9.55 Å². The Morgan fingerprint density at radius 2 is 1.71 bits per heavy atom. The van der Waals surface area contributed by atoms with Gasteiger partial charge in [-0.3, -0.25) is 28.0 Å². The van der Waals surface area contributed by atoms with Crippen LogP contribution in [0.25, 0.3) is 0 Å². The molecule has 0 aromatic carbocycles. The molecule has 2 heterocycles. The second-order valence-electron chi connectivity index (χ2n) is 6.63. The molecule has 19 heteroatoms. The average molecular weight is 510 g/mol. The van der Waals surface area contributed by atoms with Crippen LogP contribution >= 0.6 is 23.0 Å². The maximum Gasteiger partial charge on any atom is 0.479 e. The van der Waals surface area contributed by atoms with Crippen molar-refractivity contribution in [3.05, 3.63) is 33.1 Å². The molecule has 1 aromatic heterocycles. The average Bonchev–Trinajstić information content (AvgIpc) is 2.69. The largest absolute Gasteiger partial charge is 0.479 e. The zero-order chi connectivity index (χ0) is 23.6. The summed E-state index contributed by atoms with van der Waals surface area (Å²) in [6.45, 7) is -0.845. The molecule has 3 unspecified atom stereocenters. The Bertz CT molecular complexity index is 1030. The van der Waals surface area contributed by atoms with Crippen LogP contribution in [-0.2, 0) is 27.3 Å². The summed E-state index contributed by atoms with van der Waals surface area (Å²) < 4.78 is 49.2. The van der Waals surface area contributed by atoms with Gasteiger partial charge in [-0.25, -0.2) is 13.7 Å². The van der Waals surface area contributed by atoms with Crippen LogP contribution in [0.15, 0.2) is 21.9 Å². The van der Waals surface area contributed by atoms with E-state index in [1.165, 1.54) is 0 Å². The highest BCUT2D eigenvalue weighted by Gasteiger charge is 2.40. The van der Waals surface area contributed by atoms with Crippen molar-refractivity contribution >= 4 is 23.0 Å². The normalized spacial score (nSPS) is 29.0. The van der Waals surface area contributed by atoms with E-state index in [0.717, 1.165) is 16.8 Å². The molecular weight excluding hydrogens is 489 g/mol. The Morgan fingerprint density at radius 1 is 1.10 bits per heavy atom. The van der Waals surface area contributed by atoms with Gasteiger partial charge in [0.2, 0.25) is 0 Å². The zero-order valence-electron chi connectivity index (χ0n) is 15.5. The molecule has 0 radical (unpaired) electrons. The fourth-order valence-electron chi connectivity index (χ4n) is 2.68. The molecule has 0 bridgehead atoms. The van der Waals surface area contributed by atoms with Gasteiger partial charge in [-0.05, 0) is 0 Å². The van der Waals surface area contributed by atoms with Crippen LogP contribution in [0.2, 0.25) is 0 Å². The van der Waals surface area contributed by atoms with Crippen LogP contribution in [0, 0.1) is 0 Å². The van der Waals surface area contributed by atoms with E-state index in [9.17, 15) is 43.3 Å². The lowest BCUT2D eigenvalue weighted by Gasteiger charge is -2.24. The van der Waals surface area contributed by atoms with Crippen molar-refractivity contribution in [2.24, 2.45) is 0 Å². The van der Waals surface area contributed by atoms with E-state index in [1.807, 2.05) is 4.98 Å². The van der Waals surface area contributed by atoms with Gasteiger partial charge in [-0.15, -0.1) is 0 Å². The minimum atomic E-state index is -5.32. The van der Waals surface area contributed by atoms with E-state index >= 15 is 0 Å². The molecule has 16 nitrogen and oxygen atoms in total. The van der Waals surface area contributed by atoms with Crippen LogP contribution < -0.4 is 11.2 Å². The van der Waals surface area contributed by atoms with Gasteiger partial charge in [0.05, 0.1) is 24.9 Å². The summed E-state index contributed by atoms with van der Waals surface area (Å²) in [5.41, 5.74) is -1.59. The van der Waals surface area contributed by atoms with Gasteiger partial charge < -0.3 is 34.5 Å². The summed E-state index contributed by atoms with van der Waals surface area (Å²) in [5, 5.41) is 20.0. The predicted molar refractivity (Wildman–Crippen MR) is 100 cm³/mol. The van der Waals surface area contributed by atoms with Crippen LogP contribution in [0.1, 0.15) is 19.1 Å². The molecule has 1 saturated heterocycles. The van der Waals surface area contributed by atoms with Gasteiger partial charge in [0.1, 0.15) is 6.23 Å². The molecule has 1 fully saturated rings. The molecule has 31 heavy (non-hydrogen) atoms. The van der Waals surface area contributed by atoms with Gasteiger partial charge in [0.25, 0.3) is 5.56 Å². The number of aromatic amines is 1. The Kier molecular flexibility index (Phi) is 8.37. The fourth-order valence-corrected chi connectivity index (χ4v) is 7.05. The first-order valence-corrected chi connectivity index (χ1v) is 13.5. The Hall–Kier alpha value is -0.990. The number of hydrogen-bond acceptors (Lipinski definition) is 10. The molecule has 6 atom stereocenters. The van der Waals surface area contributed by atoms with Crippen LogP contribution in [0.3, 0.4) is 0 Å². The number of ether oxygens (including phenoxy) is 1. The fraction of sp³-hybridized carbons (Fsp3) is 0.667. The van der Waals surface area contributed by atoms with Crippen molar-refractivity contribution in [3.63, 3.8) is 0 Å². The molecule has 0 aliphatic carbocycles. The Morgan fingerprint density at radius 3 is 2.29 bits per heavy atom. The summed E-state index contributed by atoms with van der Waals surface area (Å²) in [5.74, 6) is -1.73. The van der Waals surface area contributed by atoms with Crippen molar-refractivity contribution in [2.75, 3.05) is 12.5 Å². The number of phosphoric acid groups is 1. The molecule has 0 saturated carbocycles. The monoisotopic (exact) mass is 510 g/mol. The van der Waals surface area contributed by atoms with Crippen molar-refractivity contribution in [2.45, 2.75) is 37.4 Å². The molecule has 7 N–H and O–H groups in total. The highest BCUT2D eigenvalue weighted by atomic mass is 31.3. The van der Waals surface area contributed by atoms with Crippen LogP contribution in [0.5, 0.6) is 0 Å². The molecule has 0 spiro atoms. The third-order valence-electron chi connectivity index (χ3n) is 3.92. The maximum atomic E-state index is 12.0.